The average molecular weight is 433 g/mol. The van der Waals surface area contributed by atoms with Crippen molar-refractivity contribution in [2.45, 2.75) is 13.8 Å². The molecule has 2 heterocycles. The van der Waals surface area contributed by atoms with Crippen molar-refractivity contribution >= 4 is 28.6 Å². The van der Waals surface area contributed by atoms with Crippen LogP contribution in [0.1, 0.15) is 19.4 Å². The molecule has 0 atom stereocenters. The number of rotatable bonds is 6. The van der Waals surface area contributed by atoms with E-state index in [0.717, 1.165) is 33.8 Å². The van der Waals surface area contributed by atoms with Crippen molar-refractivity contribution in [3.63, 3.8) is 0 Å². The summed E-state index contributed by atoms with van der Waals surface area (Å²) in [6.45, 7) is 8.91. The summed E-state index contributed by atoms with van der Waals surface area (Å²) in [6, 6.07) is 15.5. The Morgan fingerprint density at radius 3 is 2.55 bits per heavy atom. The highest BCUT2D eigenvalue weighted by Gasteiger charge is 2.33. The Bertz CT molecular complexity index is 1250. The number of carbonyl (C=O) groups is 1. The van der Waals surface area contributed by atoms with E-state index in [2.05, 4.69) is 11.6 Å². The van der Waals surface area contributed by atoms with Crippen LogP contribution in [0.5, 0.6) is 5.75 Å². The molecule has 6 nitrogen and oxygen atoms in total. The lowest BCUT2D eigenvalue weighted by molar-refractivity contribution is -0.112. The van der Waals surface area contributed by atoms with Gasteiger partial charge in [0, 0.05) is 23.1 Å². The number of ether oxygens (including phenoxy) is 1. The van der Waals surface area contributed by atoms with Crippen LogP contribution < -0.4 is 14.4 Å². The summed E-state index contributed by atoms with van der Waals surface area (Å²) in [6.07, 6.45) is 0. The lowest BCUT2D eigenvalue weighted by Gasteiger charge is -2.13. The third kappa shape index (κ3) is 3.84. The Morgan fingerprint density at radius 2 is 1.84 bits per heavy atom. The molecular formula is C24H24N4O2S. The van der Waals surface area contributed by atoms with E-state index in [-0.39, 0.29) is 5.91 Å². The number of para-hydroxylation sites is 2. The Balaban J connectivity index is 1.95. The molecule has 0 unspecified atom stereocenters. The summed E-state index contributed by atoms with van der Waals surface area (Å²) in [5, 5.41) is 6.83. The monoisotopic (exact) mass is 432 g/mol. The molecular weight excluding hydrogens is 408 g/mol. The minimum Gasteiger partial charge on any atom is -0.496 e. The van der Waals surface area contributed by atoms with Crippen LogP contribution in [0.3, 0.4) is 0 Å². The first-order valence-electron chi connectivity index (χ1n) is 10.0. The quantitative estimate of drug-likeness (QED) is 0.545. The maximum atomic E-state index is 13.2. The van der Waals surface area contributed by atoms with E-state index in [1.807, 2.05) is 67.8 Å². The molecule has 0 N–H and O–H groups in total. The number of thiazole rings is 1. The summed E-state index contributed by atoms with van der Waals surface area (Å²) >= 11 is 1.47. The average Bonchev–Trinajstić information content (AvgIpc) is 3.30. The molecule has 0 bridgehead atoms. The van der Waals surface area contributed by atoms with Crippen molar-refractivity contribution in [3.8, 4) is 17.0 Å². The number of nitrogens with zero attached hydrogens (tertiary/aromatic N) is 4. The third-order valence-corrected chi connectivity index (χ3v) is 5.82. The van der Waals surface area contributed by atoms with Crippen LogP contribution in [0, 0.1) is 0 Å². The van der Waals surface area contributed by atoms with Crippen LogP contribution in [0.25, 0.3) is 11.3 Å². The number of hydrogen-bond donors (Lipinski definition) is 0. The van der Waals surface area contributed by atoms with Crippen molar-refractivity contribution < 1.29 is 9.53 Å². The molecule has 0 saturated carbocycles. The standard InChI is InChI=1S/C24H24N4O2S/c1-5-27-19-12-8-6-11-18(19)22(23(27)29)26-28-20(15-31-24(28)25-14-16(2)3)17-10-7-9-13-21(17)30-4/h6-13,15H,2,5,14H2,1,3-4H3. The molecule has 31 heavy (non-hydrogen) atoms. The first kappa shape index (κ1) is 20.8. The highest BCUT2D eigenvalue weighted by molar-refractivity contribution is 7.07. The molecule has 2 aromatic carbocycles. The van der Waals surface area contributed by atoms with Gasteiger partial charge in [0.05, 0.1) is 25.0 Å². The minimum atomic E-state index is -0.112. The molecule has 7 heteroatoms. The molecule has 4 rings (SSSR count). The van der Waals surface area contributed by atoms with Crippen molar-refractivity contribution in [2.75, 3.05) is 25.1 Å². The zero-order valence-electron chi connectivity index (χ0n) is 17.8. The fourth-order valence-electron chi connectivity index (χ4n) is 3.52. The second-order valence-electron chi connectivity index (χ2n) is 7.20. The van der Waals surface area contributed by atoms with Gasteiger partial charge >= 0.3 is 0 Å². The molecule has 0 radical (unpaired) electrons. The van der Waals surface area contributed by atoms with Gasteiger partial charge in [-0.25, -0.2) is 4.68 Å². The molecule has 0 aliphatic carbocycles. The topological polar surface area (TPSA) is 59.2 Å². The van der Waals surface area contributed by atoms with Gasteiger partial charge in [-0.1, -0.05) is 42.5 Å². The molecule has 0 spiro atoms. The number of aromatic nitrogens is 1. The zero-order chi connectivity index (χ0) is 22.0. The van der Waals surface area contributed by atoms with E-state index < -0.39 is 0 Å². The highest BCUT2D eigenvalue weighted by Crippen LogP contribution is 2.32. The lowest BCUT2D eigenvalue weighted by Crippen LogP contribution is -2.30. The lowest BCUT2D eigenvalue weighted by atomic mass is 10.1. The van der Waals surface area contributed by atoms with Crippen molar-refractivity contribution in [3.05, 3.63) is 76.4 Å². The smallest absolute Gasteiger partial charge is 0.279 e. The molecule has 1 aromatic heterocycles. The van der Waals surface area contributed by atoms with Gasteiger partial charge in [-0.05, 0) is 32.0 Å². The highest BCUT2D eigenvalue weighted by atomic mass is 32.1. The van der Waals surface area contributed by atoms with Gasteiger partial charge in [0.25, 0.3) is 5.91 Å². The fraction of sp³-hybridized carbons (Fsp3) is 0.208. The van der Waals surface area contributed by atoms with Crippen LogP contribution in [-0.4, -0.2) is 36.5 Å². The summed E-state index contributed by atoms with van der Waals surface area (Å²) in [5.41, 5.74) is 4.76. The maximum Gasteiger partial charge on any atom is 0.279 e. The van der Waals surface area contributed by atoms with Crippen LogP contribution >= 0.6 is 11.3 Å². The van der Waals surface area contributed by atoms with E-state index >= 15 is 0 Å². The number of likely N-dealkylation sites (N-methyl/N-ethyl adjacent to an activating group) is 1. The molecule has 3 aromatic rings. The van der Waals surface area contributed by atoms with Crippen molar-refractivity contribution in [1.29, 1.82) is 0 Å². The summed E-state index contributed by atoms with van der Waals surface area (Å²) < 4.78 is 7.31. The normalized spacial score (nSPS) is 14.9. The second-order valence-corrected chi connectivity index (χ2v) is 8.04. The van der Waals surface area contributed by atoms with Crippen molar-refractivity contribution in [1.82, 2.24) is 4.68 Å². The van der Waals surface area contributed by atoms with E-state index in [1.165, 1.54) is 11.3 Å². The first-order valence-corrected chi connectivity index (χ1v) is 10.9. The molecule has 158 valence electrons. The summed E-state index contributed by atoms with van der Waals surface area (Å²) in [4.78, 5) is 20.3. The number of carbonyl (C=O) groups excluding carboxylic acids is 1. The van der Waals surface area contributed by atoms with E-state index in [0.29, 0.717) is 23.6 Å². The van der Waals surface area contributed by atoms with Crippen LogP contribution in [0.4, 0.5) is 5.69 Å². The number of methoxy groups -OCH3 is 1. The second kappa shape index (κ2) is 8.73. The Labute approximate surface area is 185 Å². The number of anilines is 1. The largest absolute Gasteiger partial charge is 0.496 e. The van der Waals surface area contributed by atoms with Gasteiger partial charge in [-0.15, -0.1) is 11.3 Å². The Kier molecular flexibility index (Phi) is 5.86. The Morgan fingerprint density at radius 1 is 1.13 bits per heavy atom. The maximum absolute atomic E-state index is 13.2. The molecule has 0 fully saturated rings. The van der Waals surface area contributed by atoms with Gasteiger partial charge in [-0.2, -0.15) is 5.10 Å². The van der Waals surface area contributed by atoms with Crippen LogP contribution in [0.2, 0.25) is 0 Å². The van der Waals surface area contributed by atoms with Crippen LogP contribution in [-0.2, 0) is 4.79 Å². The summed E-state index contributed by atoms with van der Waals surface area (Å²) in [7, 11) is 1.64. The minimum absolute atomic E-state index is 0.112. The van der Waals surface area contributed by atoms with Gasteiger partial charge in [-0.3, -0.25) is 9.79 Å². The van der Waals surface area contributed by atoms with Gasteiger partial charge in [0.1, 0.15) is 5.75 Å². The van der Waals surface area contributed by atoms with Crippen molar-refractivity contribution in [2.24, 2.45) is 10.1 Å². The third-order valence-electron chi connectivity index (χ3n) is 4.97. The molecule has 1 aliphatic rings. The van der Waals surface area contributed by atoms with Gasteiger partial charge in [0.15, 0.2) is 5.71 Å². The predicted molar refractivity (Wildman–Crippen MR) is 126 cm³/mol. The SMILES string of the molecule is C=C(C)CN=c1scc(-c2ccccc2OC)n1N=C1C(=O)N(CC)c2ccccc21. The van der Waals surface area contributed by atoms with Gasteiger partial charge < -0.3 is 9.64 Å². The number of amides is 1. The van der Waals surface area contributed by atoms with E-state index in [1.54, 1.807) is 16.7 Å². The molecule has 0 saturated heterocycles. The molecule has 1 amide bonds. The molecule has 1 aliphatic heterocycles. The Hall–Kier alpha value is -3.45. The predicted octanol–water partition coefficient (Wildman–Crippen LogP) is 4.32. The summed E-state index contributed by atoms with van der Waals surface area (Å²) in [5.74, 6) is 0.619. The van der Waals surface area contributed by atoms with Crippen LogP contribution in [0.15, 0.2) is 76.2 Å². The van der Waals surface area contributed by atoms with E-state index in [9.17, 15) is 4.79 Å². The number of hydrogen-bond acceptors (Lipinski definition) is 5. The fourth-order valence-corrected chi connectivity index (χ4v) is 4.34. The number of fused-ring (bicyclic) bond motifs is 1. The van der Waals surface area contributed by atoms with E-state index in [4.69, 9.17) is 9.84 Å². The van der Waals surface area contributed by atoms with Gasteiger partial charge in [0.2, 0.25) is 4.80 Å². The zero-order valence-corrected chi connectivity index (χ0v) is 18.6. The first-order chi connectivity index (χ1) is 15.0. The number of benzene rings is 2.